The van der Waals surface area contributed by atoms with Crippen molar-refractivity contribution >= 4 is 23.2 Å². The van der Waals surface area contributed by atoms with Crippen molar-refractivity contribution in [3.8, 4) is 5.75 Å². The SMILES string of the molecule is Cc1cscc1C(=O)NC(C)c1ccc(OCC(=O)O)cc1. The molecule has 0 saturated heterocycles. The molecule has 1 aromatic heterocycles. The summed E-state index contributed by atoms with van der Waals surface area (Å²) in [7, 11) is 0. The van der Waals surface area contributed by atoms with Crippen molar-refractivity contribution in [2.45, 2.75) is 19.9 Å². The summed E-state index contributed by atoms with van der Waals surface area (Å²) >= 11 is 1.50. The number of carbonyl (C=O) groups excluding carboxylic acids is 1. The summed E-state index contributed by atoms with van der Waals surface area (Å²) in [6.07, 6.45) is 0. The third-order valence-electron chi connectivity index (χ3n) is 3.19. The average Bonchev–Trinajstić information content (AvgIpc) is 2.91. The number of hydrogen-bond donors (Lipinski definition) is 2. The third-order valence-corrected chi connectivity index (χ3v) is 4.05. The van der Waals surface area contributed by atoms with Crippen LogP contribution in [-0.2, 0) is 4.79 Å². The molecular weight excluding hydrogens is 302 g/mol. The highest BCUT2D eigenvalue weighted by Gasteiger charge is 2.14. The second kappa shape index (κ2) is 7.09. The number of carboxylic acids is 1. The van der Waals surface area contributed by atoms with Crippen LogP contribution in [0.25, 0.3) is 0 Å². The number of benzene rings is 1. The van der Waals surface area contributed by atoms with Gasteiger partial charge < -0.3 is 15.2 Å². The van der Waals surface area contributed by atoms with Crippen LogP contribution in [0.1, 0.15) is 34.5 Å². The summed E-state index contributed by atoms with van der Waals surface area (Å²) in [4.78, 5) is 22.6. The van der Waals surface area contributed by atoms with Gasteiger partial charge in [0.25, 0.3) is 5.91 Å². The highest BCUT2D eigenvalue weighted by molar-refractivity contribution is 7.08. The van der Waals surface area contributed by atoms with Crippen molar-refractivity contribution < 1.29 is 19.4 Å². The minimum absolute atomic E-state index is 0.0996. The zero-order chi connectivity index (χ0) is 16.1. The van der Waals surface area contributed by atoms with E-state index in [9.17, 15) is 9.59 Å². The van der Waals surface area contributed by atoms with Gasteiger partial charge in [0.1, 0.15) is 5.75 Å². The zero-order valence-electron chi connectivity index (χ0n) is 12.3. The summed E-state index contributed by atoms with van der Waals surface area (Å²) in [6, 6.07) is 6.85. The number of nitrogens with one attached hydrogen (secondary N) is 1. The van der Waals surface area contributed by atoms with Crippen LogP contribution in [0.2, 0.25) is 0 Å². The molecule has 6 heteroatoms. The van der Waals surface area contributed by atoms with Crippen LogP contribution in [0.15, 0.2) is 35.0 Å². The highest BCUT2D eigenvalue weighted by atomic mass is 32.1. The molecule has 1 atom stereocenters. The van der Waals surface area contributed by atoms with E-state index in [1.54, 1.807) is 12.1 Å². The standard InChI is InChI=1S/C16H17NO4S/c1-10-8-22-9-14(10)16(20)17-11(2)12-3-5-13(6-4-12)21-7-15(18)19/h3-6,8-9,11H,7H2,1-2H3,(H,17,20)(H,18,19). The van der Waals surface area contributed by atoms with E-state index in [1.165, 1.54) is 11.3 Å². The number of carbonyl (C=O) groups is 2. The molecular formula is C16H17NO4S. The summed E-state index contributed by atoms with van der Waals surface area (Å²) in [5.41, 5.74) is 2.58. The predicted molar refractivity (Wildman–Crippen MR) is 84.5 cm³/mol. The molecule has 0 aliphatic rings. The van der Waals surface area contributed by atoms with E-state index in [0.717, 1.165) is 11.1 Å². The Balaban J connectivity index is 1.98. The average molecular weight is 319 g/mol. The van der Waals surface area contributed by atoms with Crippen LogP contribution < -0.4 is 10.1 Å². The monoisotopic (exact) mass is 319 g/mol. The summed E-state index contributed by atoms with van der Waals surface area (Å²) in [6.45, 7) is 3.43. The molecule has 0 aliphatic carbocycles. The highest BCUT2D eigenvalue weighted by Crippen LogP contribution is 2.19. The van der Waals surface area contributed by atoms with E-state index >= 15 is 0 Å². The number of aryl methyl sites for hydroxylation is 1. The topological polar surface area (TPSA) is 75.6 Å². The molecule has 0 spiro atoms. The molecule has 2 aromatic rings. The molecule has 0 radical (unpaired) electrons. The number of carboxylic acid groups (broad SMARTS) is 1. The number of rotatable bonds is 6. The predicted octanol–water partition coefficient (Wildman–Crippen LogP) is 3.01. The fourth-order valence-corrected chi connectivity index (χ4v) is 2.78. The first kappa shape index (κ1) is 16.0. The summed E-state index contributed by atoms with van der Waals surface area (Å²) < 4.78 is 5.07. The van der Waals surface area contributed by atoms with E-state index in [2.05, 4.69) is 5.32 Å². The second-order valence-corrected chi connectivity index (χ2v) is 5.66. The van der Waals surface area contributed by atoms with Gasteiger partial charge in [0.2, 0.25) is 0 Å². The summed E-state index contributed by atoms with van der Waals surface area (Å²) in [5.74, 6) is -0.633. The molecule has 1 unspecified atom stereocenters. The van der Waals surface area contributed by atoms with Gasteiger partial charge >= 0.3 is 5.97 Å². The van der Waals surface area contributed by atoms with Gasteiger partial charge in [-0.05, 0) is 42.5 Å². The van der Waals surface area contributed by atoms with E-state index < -0.39 is 5.97 Å². The molecule has 1 amide bonds. The Morgan fingerprint density at radius 1 is 1.27 bits per heavy atom. The lowest BCUT2D eigenvalue weighted by molar-refractivity contribution is -0.139. The molecule has 0 saturated carbocycles. The van der Waals surface area contributed by atoms with Gasteiger partial charge in [-0.2, -0.15) is 11.3 Å². The molecule has 116 valence electrons. The molecule has 22 heavy (non-hydrogen) atoms. The molecule has 0 fully saturated rings. The first-order valence-corrected chi connectivity index (χ1v) is 7.70. The number of thiophene rings is 1. The summed E-state index contributed by atoms with van der Waals surface area (Å²) in [5, 5.41) is 15.3. The van der Waals surface area contributed by atoms with Crippen LogP contribution in [0.3, 0.4) is 0 Å². The van der Waals surface area contributed by atoms with Gasteiger partial charge in [0.15, 0.2) is 6.61 Å². The van der Waals surface area contributed by atoms with Gasteiger partial charge in [0, 0.05) is 5.38 Å². The van der Waals surface area contributed by atoms with E-state index in [0.29, 0.717) is 11.3 Å². The van der Waals surface area contributed by atoms with Crippen molar-refractivity contribution in [2.24, 2.45) is 0 Å². The maximum Gasteiger partial charge on any atom is 0.341 e. The Morgan fingerprint density at radius 3 is 2.50 bits per heavy atom. The lowest BCUT2D eigenvalue weighted by Gasteiger charge is -2.15. The lowest BCUT2D eigenvalue weighted by Crippen LogP contribution is -2.26. The van der Waals surface area contributed by atoms with E-state index in [4.69, 9.17) is 9.84 Å². The quantitative estimate of drug-likeness (QED) is 0.858. The Hall–Kier alpha value is -2.34. The number of amides is 1. The third kappa shape index (κ3) is 4.08. The number of ether oxygens (including phenoxy) is 1. The van der Waals surface area contributed by atoms with Gasteiger partial charge in [-0.3, -0.25) is 4.79 Å². The molecule has 1 heterocycles. The van der Waals surface area contributed by atoms with Gasteiger partial charge in [-0.25, -0.2) is 4.79 Å². The Labute approximate surface area is 132 Å². The fourth-order valence-electron chi connectivity index (χ4n) is 1.95. The van der Waals surface area contributed by atoms with Crippen molar-refractivity contribution in [1.29, 1.82) is 0 Å². The zero-order valence-corrected chi connectivity index (χ0v) is 13.1. The normalized spacial score (nSPS) is 11.7. The minimum Gasteiger partial charge on any atom is -0.482 e. The first-order chi connectivity index (χ1) is 10.5. The van der Waals surface area contributed by atoms with E-state index in [-0.39, 0.29) is 18.6 Å². The van der Waals surface area contributed by atoms with Crippen LogP contribution in [0.5, 0.6) is 5.75 Å². The molecule has 0 bridgehead atoms. The molecule has 2 N–H and O–H groups in total. The fraction of sp³-hybridized carbons (Fsp3) is 0.250. The van der Waals surface area contributed by atoms with Crippen molar-refractivity contribution in [3.05, 3.63) is 51.7 Å². The number of hydrogen-bond acceptors (Lipinski definition) is 4. The van der Waals surface area contributed by atoms with Crippen molar-refractivity contribution in [1.82, 2.24) is 5.32 Å². The molecule has 0 aliphatic heterocycles. The lowest BCUT2D eigenvalue weighted by atomic mass is 10.1. The largest absolute Gasteiger partial charge is 0.482 e. The van der Waals surface area contributed by atoms with Crippen molar-refractivity contribution in [2.75, 3.05) is 6.61 Å². The second-order valence-electron chi connectivity index (χ2n) is 4.92. The van der Waals surface area contributed by atoms with Crippen LogP contribution >= 0.6 is 11.3 Å². The minimum atomic E-state index is -1.02. The molecule has 2 rings (SSSR count). The van der Waals surface area contributed by atoms with Crippen LogP contribution in [0.4, 0.5) is 0 Å². The van der Waals surface area contributed by atoms with Gasteiger partial charge in [-0.15, -0.1) is 0 Å². The van der Waals surface area contributed by atoms with Crippen molar-refractivity contribution in [3.63, 3.8) is 0 Å². The Bertz CT molecular complexity index is 663. The number of aliphatic carboxylic acids is 1. The Kier molecular flexibility index (Phi) is 5.16. The van der Waals surface area contributed by atoms with Gasteiger partial charge in [0.05, 0.1) is 11.6 Å². The van der Waals surface area contributed by atoms with Crippen LogP contribution in [0, 0.1) is 6.92 Å². The first-order valence-electron chi connectivity index (χ1n) is 6.75. The Morgan fingerprint density at radius 2 is 1.95 bits per heavy atom. The van der Waals surface area contributed by atoms with E-state index in [1.807, 2.05) is 36.7 Å². The molecule has 5 nitrogen and oxygen atoms in total. The van der Waals surface area contributed by atoms with Crippen LogP contribution in [-0.4, -0.2) is 23.6 Å². The smallest absolute Gasteiger partial charge is 0.341 e. The van der Waals surface area contributed by atoms with Gasteiger partial charge in [-0.1, -0.05) is 12.1 Å². The molecule has 1 aromatic carbocycles. The maximum atomic E-state index is 12.2. The maximum absolute atomic E-state index is 12.2.